The van der Waals surface area contributed by atoms with Gasteiger partial charge in [0.15, 0.2) is 6.10 Å². The van der Waals surface area contributed by atoms with Gasteiger partial charge in [-0.05, 0) is 37.3 Å². The maximum absolute atomic E-state index is 12.6. The van der Waals surface area contributed by atoms with Gasteiger partial charge in [0, 0.05) is 23.7 Å². The van der Waals surface area contributed by atoms with Gasteiger partial charge in [-0.2, -0.15) is 0 Å². The lowest BCUT2D eigenvalue weighted by Gasteiger charge is -2.21. The third kappa shape index (κ3) is 4.11. The lowest BCUT2D eigenvalue weighted by Crippen LogP contribution is -2.35. The Morgan fingerprint density at radius 2 is 1.92 bits per heavy atom. The Kier molecular flexibility index (Phi) is 5.11. The van der Waals surface area contributed by atoms with Crippen LogP contribution < -0.4 is 14.4 Å². The maximum atomic E-state index is 12.6. The highest BCUT2D eigenvalue weighted by Gasteiger charge is 2.31. The number of carbonyl (C=O) groups is 1. The number of nitrogens with one attached hydrogen (secondary N) is 1. The van der Waals surface area contributed by atoms with Crippen molar-refractivity contribution >= 4 is 38.9 Å². The summed E-state index contributed by atoms with van der Waals surface area (Å²) in [7, 11) is -3.53. The SMILES string of the molecule is Cc1ccc(NC(=O)C2CCN(S(C)(=O)=O)c3cc(Cl)ccc3O2)cc1. The molecule has 1 heterocycles. The van der Waals surface area contributed by atoms with Crippen LogP contribution in [0.5, 0.6) is 5.75 Å². The molecule has 0 fully saturated rings. The summed E-state index contributed by atoms with van der Waals surface area (Å²) in [6, 6.07) is 12.1. The zero-order valence-corrected chi connectivity index (χ0v) is 16.0. The van der Waals surface area contributed by atoms with Gasteiger partial charge in [-0.1, -0.05) is 29.3 Å². The second kappa shape index (κ2) is 7.17. The van der Waals surface area contributed by atoms with E-state index in [1.807, 2.05) is 19.1 Å². The Hall–Kier alpha value is -2.25. The van der Waals surface area contributed by atoms with Gasteiger partial charge in [0.25, 0.3) is 5.91 Å². The molecule has 3 rings (SSSR count). The summed E-state index contributed by atoms with van der Waals surface area (Å²) in [6.45, 7) is 2.08. The topological polar surface area (TPSA) is 75.7 Å². The lowest BCUT2D eigenvalue weighted by atomic mass is 10.2. The number of nitrogens with zero attached hydrogens (tertiary/aromatic N) is 1. The predicted octanol–water partition coefficient (Wildman–Crippen LogP) is 3.20. The van der Waals surface area contributed by atoms with E-state index in [0.717, 1.165) is 11.8 Å². The molecule has 0 bridgehead atoms. The number of hydrogen-bond donors (Lipinski definition) is 1. The Morgan fingerprint density at radius 3 is 2.58 bits per heavy atom. The average Bonchev–Trinajstić information content (AvgIpc) is 2.76. The van der Waals surface area contributed by atoms with Gasteiger partial charge < -0.3 is 10.1 Å². The maximum Gasteiger partial charge on any atom is 0.265 e. The number of fused-ring (bicyclic) bond motifs is 1. The molecular weight excluding hydrogens is 376 g/mol. The molecule has 0 radical (unpaired) electrons. The molecule has 1 aliphatic heterocycles. The largest absolute Gasteiger partial charge is 0.478 e. The van der Waals surface area contributed by atoms with Crippen molar-refractivity contribution in [1.29, 1.82) is 0 Å². The van der Waals surface area contributed by atoms with E-state index < -0.39 is 16.1 Å². The van der Waals surface area contributed by atoms with E-state index in [-0.39, 0.29) is 18.9 Å². The van der Waals surface area contributed by atoms with E-state index in [1.54, 1.807) is 24.3 Å². The van der Waals surface area contributed by atoms with Crippen LogP contribution in [0.15, 0.2) is 42.5 Å². The van der Waals surface area contributed by atoms with Crippen molar-refractivity contribution in [2.75, 3.05) is 22.4 Å². The minimum Gasteiger partial charge on any atom is -0.478 e. The molecule has 0 aliphatic carbocycles. The Balaban J connectivity index is 1.86. The molecule has 0 aromatic heterocycles. The molecule has 138 valence electrons. The summed E-state index contributed by atoms with van der Waals surface area (Å²) >= 11 is 6.01. The van der Waals surface area contributed by atoms with Gasteiger partial charge in [-0.15, -0.1) is 0 Å². The number of benzene rings is 2. The van der Waals surface area contributed by atoms with Crippen LogP contribution in [-0.2, 0) is 14.8 Å². The van der Waals surface area contributed by atoms with Gasteiger partial charge in [0.2, 0.25) is 10.0 Å². The van der Waals surface area contributed by atoms with Crippen LogP contribution in [0, 0.1) is 6.92 Å². The molecule has 0 saturated carbocycles. The number of anilines is 2. The molecule has 2 aromatic carbocycles. The number of sulfonamides is 1. The second-order valence-electron chi connectivity index (χ2n) is 6.20. The molecule has 2 aromatic rings. The van der Waals surface area contributed by atoms with E-state index in [1.165, 1.54) is 10.4 Å². The standard InChI is InChI=1S/C18H19ClN2O4S/c1-12-3-6-14(7-4-12)20-18(22)17-9-10-21(26(2,23)24)15-11-13(19)5-8-16(15)25-17/h3-8,11,17H,9-10H2,1-2H3,(H,20,22). The molecule has 0 spiro atoms. The minimum absolute atomic E-state index is 0.123. The summed E-state index contributed by atoms with van der Waals surface area (Å²) < 4.78 is 31.3. The normalized spacial score (nSPS) is 17.0. The average molecular weight is 395 g/mol. The van der Waals surface area contributed by atoms with Crippen molar-refractivity contribution in [1.82, 2.24) is 0 Å². The highest BCUT2D eigenvalue weighted by atomic mass is 35.5. The number of halogens is 1. The van der Waals surface area contributed by atoms with Gasteiger partial charge in [-0.3, -0.25) is 9.10 Å². The van der Waals surface area contributed by atoms with E-state index in [9.17, 15) is 13.2 Å². The first kappa shape index (κ1) is 18.5. The molecule has 6 nitrogen and oxygen atoms in total. The fourth-order valence-electron chi connectivity index (χ4n) is 2.74. The summed E-state index contributed by atoms with van der Waals surface area (Å²) in [5.74, 6) is -0.0218. The van der Waals surface area contributed by atoms with Gasteiger partial charge in [0.05, 0.1) is 11.9 Å². The van der Waals surface area contributed by atoms with Crippen LogP contribution in [0.4, 0.5) is 11.4 Å². The van der Waals surface area contributed by atoms with Gasteiger partial charge in [-0.25, -0.2) is 8.42 Å². The second-order valence-corrected chi connectivity index (χ2v) is 8.54. The summed E-state index contributed by atoms with van der Waals surface area (Å²) in [5.41, 5.74) is 2.08. The number of ether oxygens (including phenoxy) is 1. The third-order valence-corrected chi connectivity index (χ3v) is 5.48. The number of amides is 1. The number of carbonyl (C=O) groups excluding carboxylic acids is 1. The summed E-state index contributed by atoms with van der Waals surface area (Å²) in [6.07, 6.45) is 0.518. The van der Waals surface area contributed by atoms with Crippen LogP contribution in [-0.4, -0.2) is 33.2 Å². The molecule has 1 N–H and O–H groups in total. The van der Waals surface area contributed by atoms with Crippen molar-refractivity contribution in [3.63, 3.8) is 0 Å². The molecule has 1 aliphatic rings. The summed E-state index contributed by atoms with van der Waals surface area (Å²) in [4.78, 5) is 12.6. The fourth-order valence-corrected chi connectivity index (χ4v) is 3.84. The Bertz CT molecular complexity index is 929. The molecule has 0 saturated heterocycles. The molecule has 26 heavy (non-hydrogen) atoms. The van der Waals surface area contributed by atoms with E-state index in [0.29, 0.717) is 22.1 Å². The number of aryl methyl sites for hydroxylation is 1. The van der Waals surface area contributed by atoms with Gasteiger partial charge in [0.1, 0.15) is 5.75 Å². The van der Waals surface area contributed by atoms with Crippen molar-refractivity contribution in [2.24, 2.45) is 0 Å². The highest BCUT2D eigenvalue weighted by molar-refractivity contribution is 7.92. The van der Waals surface area contributed by atoms with E-state index in [4.69, 9.17) is 16.3 Å². The number of rotatable bonds is 3. The number of hydrogen-bond acceptors (Lipinski definition) is 4. The van der Waals surface area contributed by atoms with Crippen molar-refractivity contribution < 1.29 is 17.9 Å². The van der Waals surface area contributed by atoms with E-state index >= 15 is 0 Å². The zero-order valence-electron chi connectivity index (χ0n) is 14.4. The highest BCUT2D eigenvalue weighted by Crippen LogP contribution is 2.36. The fraction of sp³-hybridized carbons (Fsp3) is 0.278. The Labute approximate surface area is 157 Å². The third-order valence-electron chi connectivity index (χ3n) is 4.07. The molecule has 1 unspecified atom stereocenters. The minimum atomic E-state index is -3.53. The van der Waals surface area contributed by atoms with Crippen molar-refractivity contribution in [2.45, 2.75) is 19.4 Å². The zero-order chi connectivity index (χ0) is 18.9. The molecule has 8 heteroatoms. The lowest BCUT2D eigenvalue weighted by molar-refractivity contribution is -0.122. The molecule has 1 atom stereocenters. The van der Waals surface area contributed by atoms with Crippen molar-refractivity contribution in [3.05, 3.63) is 53.1 Å². The predicted molar refractivity (Wildman–Crippen MR) is 102 cm³/mol. The molecular formula is C18H19ClN2O4S. The van der Waals surface area contributed by atoms with Crippen LogP contribution >= 0.6 is 11.6 Å². The van der Waals surface area contributed by atoms with Crippen LogP contribution in [0.3, 0.4) is 0 Å². The first-order valence-electron chi connectivity index (χ1n) is 8.05. The quantitative estimate of drug-likeness (QED) is 0.867. The molecule has 1 amide bonds. The monoisotopic (exact) mass is 394 g/mol. The smallest absolute Gasteiger partial charge is 0.265 e. The Morgan fingerprint density at radius 1 is 1.23 bits per heavy atom. The van der Waals surface area contributed by atoms with Gasteiger partial charge >= 0.3 is 0 Å². The van der Waals surface area contributed by atoms with Crippen molar-refractivity contribution in [3.8, 4) is 5.75 Å². The van der Waals surface area contributed by atoms with Crippen LogP contribution in [0.2, 0.25) is 5.02 Å². The van der Waals surface area contributed by atoms with E-state index in [2.05, 4.69) is 5.32 Å². The first-order valence-corrected chi connectivity index (χ1v) is 10.3. The first-order chi connectivity index (χ1) is 12.2. The summed E-state index contributed by atoms with van der Waals surface area (Å²) in [5, 5.41) is 3.20. The van der Waals surface area contributed by atoms with Crippen LogP contribution in [0.25, 0.3) is 0 Å². The van der Waals surface area contributed by atoms with Crippen LogP contribution in [0.1, 0.15) is 12.0 Å².